The number of fused-ring (bicyclic) bond motifs is 5. The molecule has 4 rings (SSSR count). The van der Waals surface area contributed by atoms with E-state index in [0.717, 1.165) is 47.8 Å². The lowest BCUT2D eigenvalue weighted by molar-refractivity contribution is -0.143. The molecule has 0 N–H and O–H groups in total. The molecule has 4 saturated carbocycles. The molecule has 10 atom stereocenters. The van der Waals surface area contributed by atoms with Crippen LogP contribution in [0.15, 0.2) is 0 Å². The van der Waals surface area contributed by atoms with Crippen molar-refractivity contribution in [3.05, 3.63) is 0 Å². The predicted octanol–water partition coefficient (Wildman–Crippen LogP) is 7.12. The number of ether oxygens (including phenoxy) is 1. The summed E-state index contributed by atoms with van der Waals surface area (Å²) in [6.45, 7) is 12.8. The van der Waals surface area contributed by atoms with Crippen molar-refractivity contribution in [3.63, 3.8) is 0 Å². The molecule has 2 nitrogen and oxygen atoms in total. The van der Waals surface area contributed by atoms with E-state index in [1.807, 2.05) is 0 Å². The standard InChI is InChI=1S/C27H46O2/c1-17-11-13-27(5)23-12-14-26(4)21(18(2)7-10-25(28)29-6)8-9-22(26)20(23)16-19(3)24(27)15-17/h17-24H,7-16H2,1-6H3. The first kappa shape index (κ1) is 21.7. The van der Waals surface area contributed by atoms with Crippen molar-refractivity contribution >= 4 is 5.97 Å². The van der Waals surface area contributed by atoms with Gasteiger partial charge in [-0.1, -0.05) is 41.0 Å². The molecule has 4 aliphatic rings. The van der Waals surface area contributed by atoms with Crippen molar-refractivity contribution in [2.75, 3.05) is 7.11 Å². The molecule has 4 aliphatic carbocycles. The summed E-state index contributed by atoms with van der Waals surface area (Å²) in [6, 6.07) is 0. The van der Waals surface area contributed by atoms with Crippen LogP contribution in [0.1, 0.15) is 98.8 Å². The van der Waals surface area contributed by atoms with Crippen LogP contribution in [-0.4, -0.2) is 13.1 Å². The van der Waals surface area contributed by atoms with E-state index in [0.29, 0.717) is 23.2 Å². The Hall–Kier alpha value is -0.530. The van der Waals surface area contributed by atoms with E-state index >= 15 is 0 Å². The highest BCUT2D eigenvalue weighted by Gasteiger charge is 2.61. The van der Waals surface area contributed by atoms with E-state index in [2.05, 4.69) is 34.6 Å². The fraction of sp³-hybridized carbons (Fsp3) is 0.963. The summed E-state index contributed by atoms with van der Waals surface area (Å²) >= 11 is 0. The van der Waals surface area contributed by atoms with Gasteiger partial charge in [0.1, 0.15) is 0 Å². The Bertz CT molecular complexity index is 614. The molecule has 166 valence electrons. The molecule has 4 fully saturated rings. The van der Waals surface area contributed by atoms with Crippen molar-refractivity contribution in [1.82, 2.24) is 0 Å². The SMILES string of the molecule is COC(=O)CCC(C)C1CCC2C3CC(C)C4CC(C)CCC4(C)C3CCC12C. The molecular formula is C27H46O2. The fourth-order valence-corrected chi connectivity index (χ4v) is 9.56. The lowest BCUT2D eigenvalue weighted by Gasteiger charge is -2.63. The Balaban J connectivity index is 1.52. The van der Waals surface area contributed by atoms with Gasteiger partial charge in [0.25, 0.3) is 0 Å². The molecule has 0 aromatic rings. The largest absolute Gasteiger partial charge is 0.469 e. The molecule has 0 aliphatic heterocycles. The first-order chi connectivity index (χ1) is 13.7. The van der Waals surface area contributed by atoms with Gasteiger partial charge in [-0.05, 0) is 110 Å². The summed E-state index contributed by atoms with van der Waals surface area (Å²) in [6.07, 6.45) is 13.2. The molecule has 10 unspecified atom stereocenters. The summed E-state index contributed by atoms with van der Waals surface area (Å²) in [4.78, 5) is 11.7. The van der Waals surface area contributed by atoms with Gasteiger partial charge < -0.3 is 4.74 Å². The summed E-state index contributed by atoms with van der Waals surface area (Å²) in [5.74, 6) is 7.06. The summed E-state index contributed by atoms with van der Waals surface area (Å²) in [5, 5.41) is 0. The molecule has 0 amide bonds. The number of hydrogen-bond donors (Lipinski definition) is 0. The van der Waals surface area contributed by atoms with Gasteiger partial charge in [0.15, 0.2) is 0 Å². The highest BCUT2D eigenvalue weighted by molar-refractivity contribution is 5.69. The molecular weight excluding hydrogens is 356 g/mol. The fourth-order valence-electron chi connectivity index (χ4n) is 9.56. The van der Waals surface area contributed by atoms with E-state index in [1.54, 1.807) is 0 Å². The molecule has 0 radical (unpaired) electrons. The van der Waals surface area contributed by atoms with Crippen LogP contribution >= 0.6 is 0 Å². The van der Waals surface area contributed by atoms with Gasteiger partial charge in [0.2, 0.25) is 0 Å². The second-order valence-electron chi connectivity index (χ2n) is 12.4. The first-order valence-electron chi connectivity index (χ1n) is 12.8. The van der Waals surface area contributed by atoms with Crippen LogP contribution in [0.4, 0.5) is 0 Å². The third-order valence-electron chi connectivity index (χ3n) is 11.1. The average molecular weight is 403 g/mol. The van der Waals surface area contributed by atoms with Crippen molar-refractivity contribution in [1.29, 1.82) is 0 Å². The summed E-state index contributed by atoms with van der Waals surface area (Å²) in [7, 11) is 1.52. The Morgan fingerprint density at radius 3 is 2.38 bits per heavy atom. The molecule has 0 bridgehead atoms. The van der Waals surface area contributed by atoms with E-state index in [4.69, 9.17) is 4.74 Å². The predicted molar refractivity (Wildman–Crippen MR) is 119 cm³/mol. The number of methoxy groups -OCH3 is 1. The molecule has 0 aromatic carbocycles. The normalized spacial score (nSPS) is 50.2. The van der Waals surface area contributed by atoms with Crippen LogP contribution in [-0.2, 0) is 9.53 Å². The number of carbonyl (C=O) groups is 1. The van der Waals surface area contributed by atoms with Crippen LogP contribution < -0.4 is 0 Å². The Kier molecular flexibility index (Phi) is 5.88. The van der Waals surface area contributed by atoms with Gasteiger partial charge in [0.05, 0.1) is 7.11 Å². The lowest BCUT2D eigenvalue weighted by atomic mass is 9.42. The quantitative estimate of drug-likeness (QED) is 0.468. The maximum Gasteiger partial charge on any atom is 0.305 e. The third kappa shape index (κ3) is 3.49. The van der Waals surface area contributed by atoms with Crippen molar-refractivity contribution < 1.29 is 9.53 Å². The molecule has 0 saturated heterocycles. The second kappa shape index (κ2) is 7.86. The minimum Gasteiger partial charge on any atom is -0.469 e. The van der Waals surface area contributed by atoms with Gasteiger partial charge >= 0.3 is 5.97 Å². The zero-order valence-corrected chi connectivity index (χ0v) is 20.0. The van der Waals surface area contributed by atoms with Crippen LogP contribution in [0.3, 0.4) is 0 Å². The molecule has 29 heavy (non-hydrogen) atoms. The lowest BCUT2D eigenvalue weighted by Crippen LogP contribution is -2.55. The summed E-state index contributed by atoms with van der Waals surface area (Å²) < 4.78 is 4.91. The molecule has 0 heterocycles. The molecule has 0 aromatic heterocycles. The van der Waals surface area contributed by atoms with Crippen molar-refractivity contribution in [3.8, 4) is 0 Å². The van der Waals surface area contributed by atoms with Gasteiger partial charge in [0, 0.05) is 6.42 Å². The second-order valence-corrected chi connectivity index (χ2v) is 12.4. The Labute approximate surface area is 179 Å². The van der Waals surface area contributed by atoms with Crippen LogP contribution in [0.25, 0.3) is 0 Å². The minimum absolute atomic E-state index is 0.0353. The monoisotopic (exact) mass is 402 g/mol. The smallest absolute Gasteiger partial charge is 0.305 e. The maximum atomic E-state index is 11.7. The van der Waals surface area contributed by atoms with E-state index < -0.39 is 0 Å². The molecule has 2 heteroatoms. The molecule has 0 spiro atoms. The number of hydrogen-bond acceptors (Lipinski definition) is 2. The highest BCUT2D eigenvalue weighted by atomic mass is 16.5. The number of esters is 1. The van der Waals surface area contributed by atoms with Crippen LogP contribution in [0.2, 0.25) is 0 Å². The van der Waals surface area contributed by atoms with E-state index in [9.17, 15) is 4.79 Å². The average Bonchev–Trinajstić information content (AvgIpc) is 3.05. The zero-order chi connectivity index (χ0) is 21.0. The first-order valence-corrected chi connectivity index (χ1v) is 12.8. The minimum atomic E-state index is -0.0353. The third-order valence-corrected chi connectivity index (χ3v) is 11.1. The van der Waals surface area contributed by atoms with Gasteiger partial charge in [-0.15, -0.1) is 0 Å². The van der Waals surface area contributed by atoms with Crippen molar-refractivity contribution in [2.45, 2.75) is 98.8 Å². The van der Waals surface area contributed by atoms with Gasteiger partial charge in [-0.2, -0.15) is 0 Å². The van der Waals surface area contributed by atoms with Gasteiger partial charge in [-0.3, -0.25) is 4.79 Å². The van der Waals surface area contributed by atoms with Crippen molar-refractivity contribution in [2.24, 2.45) is 58.2 Å². The topological polar surface area (TPSA) is 26.3 Å². The Morgan fingerprint density at radius 1 is 0.966 bits per heavy atom. The van der Waals surface area contributed by atoms with Crippen LogP contribution in [0.5, 0.6) is 0 Å². The summed E-state index contributed by atoms with van der Waals surface area (Å²) in [5.41, 5.74) is 1.10. The highest BCUT2D eigenvalue weighted by Crippen LogP contribution is 2.69. The van der Waals surface area contributed by atoms with Gasteiger partial charge in [-0.25, -0.2) is 0 Å². The number of carbonyl (C=O) groups excluding carboxylic acids is 1. The number of rotatable bonds is 4. The van der Waals surface area contributed by atoms with Crippen LogP contribution in [0, 0.1) is 58.2 Å². The van der Waals surface area contributed by atoms with E-state index in [1.165, 1.54) is 58.5 Å². The maximum absolute atomic E-state index is 11.7. The zero-order valence-electron chi connectivity index (χ0n) is 20.0. The van der Waals surface area contributed by atoms with E-state index in [-0.39, 0.29) is 5.97 Å². The Morgan fingerprint density at radius 2 is 1.66 bits per heavy atom.